The molecule has 26 heavy (non-hydrogen) atoms. The van der Waals surface area contributed by atoms with Gasteiger partial charge in [-0.3, -0.25) is 14.5 Å². The molecule has 0 spiro atoms. The number of piperazine rings is 1. The second-order valence-electron chi connectivity index (χ2n) is 7.36. The number of ether oxygens (including phenoxy) is 1. The van der Waals surface area contributed by atoms with E-state index < -0.39 is 5.60 Å². The van der Waals surface area contributed by atoms with Crippen LogP contribution in [0, 0.1) is 0 Å². The molecular weight excluding hydrogens is 354 g/mol. The van der Waals surface area contributed by atoms with Gasteiger partial charge >= 0.3 is 0 Å². The minimum absolute atomic E-state index is 0.0196. The van der Waals surface area contributed by atoms with Crippen LogP contribution in [0.2, 0.25) is 5.02 Å². The van der Waals surface area contributed by atoms with Crippen LogP contribution < -0.4 is 10.1 Å². The Morgan fingerprint density at radius 3 is 2.27 bits per heavy atom. The van der Waals surface area contributed by atoms with Crippen molar-refractivity contribution >= 4 is 23.4 Å². The molecule has 2 amide bonds. The fraction of sp³-hybridized carbons (Fsp3) is 0.579. The van der Waals surface area contributed by atoms with Gasteiger partial charge in [0.1, 0.15) is 5.75 Å². The smallest absolute Gasteiger partial charge is 0.266 e. The quantitative estimate of drug-likeness (QED) is 0.820. The van der Waals surface area contributed by atoms with Crippen molar-refractivity contribution in [3.63, 3.8) is 0 Å². The summed E-state index contributed by atoms with van der Waals surface area (Å²) < 4.78 is 5.88. The van der Waals surface area contributed by atoms with E-state index in [1.165, 1.54) is 0 Å². The van der Waals surface area contributed by atoms with Gasteiger partial charge < -0.3 is 15.0 Å². The molecule has 1 N–H and O–H groups in total. The number of amides is 2. The van der Waals surface area contributed by atoms with Crippen LogP contribution in [0.3, 0.4) is 0 Å². The molecule has 1 aromatic carbocycles. The monoisotopic (exact) mass is 381 g/mol. The number of hydrogen-bond acceptors (Lipinski definition) is 4. The van der Waals surface area contributed by atoms with Crippen LogP contribution in [-0.2, 0) is 9.59 Å². The highest BCUT2D eigenvalue weighted by Crippen LogP contribution is 2.22. The van der Waals surface area contributed by atoms with Crippen LogP contribution in [0.25, 0.3) is 0 Å². The number of nitrogens with zero attached hydrogens (tertiary/aromatic N) is 2. The molecule has 0 radical (unpaired) electrons. The summed E-state index contributed by atoms with van der Waals surface area (Å²) in [7, 11) is 0. The topological polar surface area (TPSA) is 61.9 Å². The van der Waals surface area contributed by atoms with Gasteiger partial charge in [-0.2, -0.15) is 0 Å². The maximum absolute atomic E-state index is 12.8. The van der Waals surface area contributed by atoms with E-state index in [0.29, 0.717) is 43.5 Å². The van der Waals surface area contributed by atoms with Crippen LogP contribution in [0.5, 0.6) is 5.75 Å². The van der Waals surface area contributed by atoms with Crippen molar-refractivity contribution in [1.29, 1.82) is 0 Å². The third-order valence-corrected chi connectivity index (χ3v) is 4.43. The van der Waals surface area contributed by atoms with Crippen molar-refractivity contribution in [2.24, 2.45) is 0 Å². The minimum atomic E-state index is -0.967. The molecule has 1 aliphatic heterocycles. The normalized spacial score (nSPS) is 15.8. The lowest BCUT2D eigenvalue weighted by atomic mass is 10.1. The van der Waals surface area contributed by atoms with Crippen molar-refractivity contribution in [3.05, 3.63) is 29.3 Å². The lowest BCUT2D eigenvalue weighted by molar-refractivity contribution is -0.147. The molecule has 0 atom stereocenters. The molecule has 0 unspecified atom stereocenters. The number of halogens is 1. The highest BCUT2D eigenvalue weighted by Gasteiger charge is 2.35. The number of hydrogen-bond donors (Lipinski definition) is 1. The standard InChI is InChI=1S/C19H28ClN3O3/c1-14(2)21-17(24)13-22-9-11-23(12-10-22)18(25)19(3,4)26-16-7-5-15(20)6-8-16/h5-8,14H,9-13H2,1-4H3,(H,21,24). The average molecular weight is 382 g/mol. The van der Waals surface area contributed by atoms with Crippen molar-refractivity contribution < 1.29 is 14.3 Å². The van der Waals surface area contributed by atoms with E-state index in [1.54, 1.807) is 43.0 Å². The molecule has 6 nitrogen and oxygen atoms in total. The first-order valence-corrected chi connectivity index (χ1v) is 9.31. The molecule has 144 valence electrons. The Bertz CT molecular complexity index is 623. The molecule has 2 rings (SSSR count). The van der Waals surface area contributed by atoms with Crippen LogP contribution in [-0.4, -0.2) is 66.0 Å². The lowest BCUT2D eigenvalue weighted by Crippen LogP contribution is -2.56. The van der Waals surface area contributed by atoms with Gasteiger partial charge in [0.25, 0.3) is 5.91 Å². The Balaban J connectivity index is 1.86. The Morgan fingerprint density at radius 1 is 1.15 bits per heavy atom. The lowest BCUT2D eigenvalue weighted by Gasteiger charge is -2.38. The molecule has 1 aromatic rings. The molecule has 0 aromatic heterocycles. The van der Waals surface area contributed by atoms with E-state index in [9.17, 15) is 9.59 Å². The Labute approximate surface area is 160 Å². The first kappa shape index (κ1) is 20.5. The zero-order valence-corrected chi connectivity index (χ0v) is 16.7. The molecule has 7 heteroatoms. The van der Waals surface area contributed by atoms with Gasteiger partial charge in [-0.15, -0.1) is 0 Å². The minimum Gasteiger partial charge on any atom is -0.478 e. The second-order valence-corrected chi connectivity index (χ2v) is 7.79. The van der Waals surface area contributed by atoms with Gasteiger partial charge in [0.2, 0.25) is 5.91 Å². The van der Waals surface area contributed by atoms with Crippen molar-refractivity contribution in [3.8, 4) is 5.75 Å². The summed E-state index contributed by atoms with van der Waals surface area (Å²) in [6.45, 7) is 10.3. The maximum Gasteiger partial charge on any atom is 0.266 e. The number of benzene rings is 1. The van der Waals surface area contributed by atoms with E-state index in [2.05, 4.69) is 10.2 Å². The van der Waals surface area contributed by atoms with E-state index >= 15 is 0 Å². The van der Waals surface area contributed by atoms with Gasteiger partial charge in [0.05, 0.1) is 6.54 Å². The summed E-state index contributed by atoms with van der Waals surface area (Å²) >= 11 is 5.88. The Hall–Kier alpha value is -1.79. The summed E-state index contributed by atoms with van der Waals surface area (Å²) in [5.41, 5.74) is -0.967. The van der Waals surface area contributed by atoms with Crippen LogP contribution >= 0.6 is 11.6 Å². The van der Waals surface area contributed by atoms with Crippen molar-refractivity contribution in [1.82, 2.24) is 15.1 Å². The number of carbonyl (C=O) groups excluding carboxylic acids is 2. The van der Waals surface area contributed by atoms with E-state index in [4.69, 9.17) is 16.3 Å². The van der Waals surface area contributed by atoms with Crippen LogP contribution in [0.15, 0.2) is 24.3 Å². The molecule has 0 aliphatic carbocycles. The van der Waals surface area contributed by atoms with Gasteiger partial charge in [0, 0.05) is 37.2 Å². The number of carbonyl (C=O) groups is 2. The first-order chi connectivity index (χ1) is 12.2. The van der Waals surface area contributed by atoms with Gasteiger partial charge in [0.15, 0.2) is 5.60 Å². The number of rotatable bonds is 6. The van der Waals surface area contributed by atoms with Gasteiger partial charge in [-0.05, 0) is 52.0 Å². The van der Waals surface area contributed by atoms with Crippen LogP contribution in [0.1, 0.15) is 27.7 Å². The summed E-state index contributed by atoms with van der Waals surface area (Å²) in [5.74, 6) is 0.571. The first-order valence-electron chi connectivity index (χ1n) is 8.93. The molecule has 0 bridgehead atoms. The van der Waals surface area contributed by atoms with Gasteiger partial charge in [-0.1, -0.05) is 11.6 Å². The fourth-order valence-corrected chi connectivity index (χ4v) is 3.03. The van der Waals surface area contributed by atoms with Gasteiger partial charge in [-0.25, -0.2) is 0 Å². The third-order valence-electron chi connectivity index (χ3n) is 4.18. The fourth-order valence-electron chi connectivity index (χ4n) is 2.90. The highest BCUT2D eigenvalue weighted by molar-refractivity contribution is 6.30. The molecule has 1 heterocycles. The van der Waals surface area contributed by atoms with Crippen molar-refractivity contribution in [2.45, 2.75) is 39.3 Å². The van der Waals surface area contributed by atoms with E-state index in [1.807, 2.05) is 13.8 Å². The molecular formula is C19H28ClN3O3. The third kappa shape index (κ3) is 5.88. The summed E-state index contributed by atoms with van der Waals surface area (Å²) in [6.07, 6.45) is 0. The predicted molar refractivity (Wildman–Crippen MR) is 102 cm³/mol. The predicted octanol–water partition coefficient (Wildman–Crippen LogP) is 2.17. The largest absolute Gasteiger partial charge is 0.478 e. The summed E-state index contributed by atoms with van der Waals surface area (Å²) in [6, 6.07) is 7.11. The molecule has 1 saturated heterocycles. The Kier molecular flexibility index (Phi) is 6.89. The SMILES string of the molecule is CC(C)NC(=O)CN1CCN(C(=O)C(C)(C)Oc2ccc(Cl)cc2)CC1. The average Bonchev–Trinajstić information content (AvgIpc) is 2.56. The second kappa shape index (κ2) is 8.73. The number of nitrogens with one attached hydrogen (secondary N) is 1. The summed E-state index contributed by atoms with van der Waals surface area (Å²) in [5, 5.41) is 3.51. The van der Waals surface area contributed by atoms with E-state index in [0.717, 1.165) is 0 Å². The highest BCUT2D eigenvalue weighted by atomic mass is 35.5. The molecule has 0 saturated carbocycles. The zero-order valence-electron chi connectivity index (χ0n) is 15.9. The zero-order chi connectivity index (χ0) is 19.3. The van der Waals surface area contributed by atoms with Crippen LogP contribution in [0.4, 0.5) is 0 Å². The molecule has 1 fully saturated rings. The van der Waals surface area contributed by atoms with E-state index in [-0.39, 0.29) is 17.9 Å². The Morgan fingerprint density at radius 2 is 1.73 bits per heavy atom. The van der Waals surface area contributed by atoms with Crippen molar-refractivity contribution in [2.75, 3.05) is 32.7 Å². The summed E-state index contributed by atoms with van der Waals surface area (Å²) in [4.78, 5) is 28.6. The molecule has 1 aliphatic rings. The maximum atomic E-state index is 12.8.